The number of alkyl halides is 2. The zero-order valence-corrected chi connectivity index (χ0v) is 27.3. The number of carbonyl (C=O) groups excluding carboxylic acids is 2. The second-order valence-corrected chi connectivity index (χ2v) is 13.5. The summed E-state index contributed by atoms with van der Waals surface area (Å²) in [4.78, 5) is 27.7. The average Bonchev–Trinajstić information content (AvgIpc) is 3.58. The zero-order chi connectivity index (χ0) is 34.3. The van der Waals surface area contributed by atoms with E-state index in [1.807, 2.05) is 27.9 Å². The molecule has 2 atom stereocenters. The number of piperidine rings is 2. The minimum Gasteiger partial charge on any atom is -0.507 e. The minimum absolute atomic E-state index is 0.0734. The van der Waals surface area contributed by atoms with E-state index in [0.29, 0.717) is 47.5 Å². The zero-order valence-electron chi connectivity index (χ0n) is 27.3. The number of anilines is 2. The van der Waals surface area contributed by atoms with Crippen LogP contribution in [0, 0.1) is 0 Å². The van der Waals surface area contributed by atoms with E-state index in [9.17, 15) is 14.7 Å². The summed E-state index contributed by atoms with van der Waals surface area (Å²) in [5, 5.41) is 25.6. The van der Waals surface area contributed by atoms with Crippen molar-refractivity contribution in [2.75, 3.05) is 30.8 Å². The predicted octanol–water partition coefficient (Wildman–Crippen LogP) is 5.14. The molecule has 2 saturated heterocycles. The number of phenolic OH excluding ortho intramolecular Hbond substituents is 1. The number of amides is 2. The molecule has 0 radical (unpaired) electrons. The predicted molar refractivity (Wildman–Crippen MR) is 181 cm³/mol. The van der Waals surface area contributed by atoms with Gasteiger partial charge in [0, 0.05) is 48.1 Å². The normalized spacial score (nSPS) is 24.4. The maximum Gasteiger partial charge on any atom is 0.267 e. The number of nitrogens with one attached hydrogen (secondary N) is 1. The molecule has 2 aliphatic heterocycles. The number of halogens is 2. The SMILES string of the molecule is CN(c1cccc([C@@H]2CCN(C3CCC(n4cc(-c5cc(-c6ccccc6O)nnc5N)cn4)CC3)CC2(F)F)c1)[C@H]1CCC(=O)NC1=O. The third-order valence-corrected chi connectivity index (χ3v) is 10.5. The van der Waals surface area contributed by atoms with Crippen LogP contribution in [0.15, 0.2) is 67.0 Å². The van der Waals surface area contributed by atoms with Crippen molar-refractivity contribution in [3.8, 4) is 28.1 Å². The Morgan fingerprint density at radius 1 is 0.959 bits per heavy atom. The van der Waals surface area contributed by atoms with Crippen molar-refractivity contribution in [2.24, 2.45) is 0 Å². The molecule has 3 fully saturated rings. The van der Waals surface area contributed by atoms with Crippen molar-refractivity contribution in [3.05, 3.63) is 72.6 Å². The lowest BCUT2D eigenvalue weighted by Crippen LogP contribution is -2.52. The first kappa shape index (κ1) is 32.6. The Hall–Kier alpha value is -4.91. The highest BCUT2D eigenvalue weighted by atomic mass is 19.3. The highest BCUT2D eigenvalue weighted by molar-refractivity contribution is 6.01. The Balaban J connectivity index is 0.974. The molecular weight excluding hydrogens is 630 g/mol. The Morgan fingerprint density at radius 2 is 1.73 bits per heavy atom. The van der Waals surface area contributed by atoms with Crippen LogP contribution in [0.25, 0.3) is 22.4 Å². The highest BCUT2D eigenvalue weighted by Gasteiger charge is 2.47. The summed E-state index contributed by atoms with van der Waals surface area (Å²) < 4.78 is 33.6. The van der Waals surface area contributed by atoms with Crippen LogP contribution in [0.5, 0.6) is 5.75 Å². The van der Waals surface area contributed by atoms with Gasteiger partial charge in [0.15, 0.2) is 5.82 Å². The number of likely N-dealkylation sites (tertiary alicyclic amines) is 1. The van der Waals surface area contributed by atoms with Crippen LogP contribution >= 0.6 is 0 Å². The molecule has 3 aliphatic rings. The number of nitrogens with two attached hydrogens (primary N) is 1. The summed E-state index contributed by atoms with van der Waals surface area (Å²) in [6.07, 6.45) is 7.90. The van der Waals surface area contributed by atoms with E-state index in [4.69, 9.17) is 5.73 Å². The molecule has 0 bridgehead atoms. The van der Waals surface area contributed by atoms with Crippen LogP contribution in [0.3, 0.4) is 0 Å². The van der Waals surface area contributed by atoms with E-state index in [2.05, 4.69) is 20.6 Å². The smallest absolute Gasteiger partial charge is 0.267 e. The Labute approximate surface area is 283 Å². The van der Waals surface area contributed by atoms with E-state index >= 15 is 8.78 Å². The second kappa shape index (κ2) is 13.2. The van der Waals surface area contributed by atoms with Gasteiger partial charge in [0.2, 0.25) is 11.8 Å². The molecular formula is C36H40F2N8O3. The Morgan fingerprint density at radius 3 is 2.49 bits per heavy atom. The van der Waals surface area contributed by atoms with Gasteiger partial charge in [-0.2, -0.15) is 5.10 Å². The number of aromatic hydroxyl groups is 1. The molecule has 2 aromatic carbocycles. The number of carbonyl (C=O) groups is 2. The summed E-state index contributed by atoms with van der Waals surface area (Å²) in [6.45, 7) is 0.294. The maximum atomic E-state index is 15.8. The number of para-hydroxylation sites is 1. The summed E-state index contributed by atoms with van der Waals surface area (Å²) in [5.74, 6) is -4.11. The van der Waals surface area contributed by atoms with Crippen molar-refractivity contribution < 1.29 is 23.5 Å². The number of benzene rings is 2. The van der Waals surface area contributed by atoms with Crippen molar-refractivity contribution in [3.63, 3.8) is 0 Å². The van der Waals surface area contributed by atoms with Gasteiger partial charge in [-0.15, -0.1) is 10.2 Å². The van der Waals surface area contributed by atoms with Gasteiger partial charge in [-0.25, -0.2) is 8.78 Å². The first-order valence-electron chi connectivity index (χ1n) is 16.8. The number of likely N-dealkylation sites (N-methyl/N-ethyl adjacent to an activating group) is 1. The summed E-state index contributed by atoms with van der Waals surface area (Å²) >= 11 is 0. The number of hydrogen-bond donors (Lipinski definition) is 3. The number of imide groups is 1. The molecule has 256 valence electrons. The molecule has 4 aromatic rings. The lowest BCUT2D eigenvalue weighted by Gasteiger charge is -2.44. The molecule has 7 rings (SSSR count). The third kappa shape index (κ3) is 6.59. The molecule has 49 heavy (non-hydrogen) atoms. The van der Waals surface area contributed by atoms with Gasteiger partial charge < -0.3 is 15.7 Å². The number of phenols is 1. The fraction of sp³-hybridized carbons (Fsp3) is 0.417. The maximum absolute atomic E-state index is 15.8. The van der Waals surface area contributed by atoms with Gasteiger partial charge in [0.05, 0.1) is 30.4 Å². The first-order chi connectivity index (χ1) is 23.6. The van der Waals surface area contributed by atoms with Gasteiger partial charge in [-0.05, 0) is 81.0 Å². The molecule has 13 heteroatoms. The van der Waals surface area contributed by atoms with Crippen LogP contribution in [0.1, 0.15) is 62.5 Å². The molecule has 0 spiro atoms. The topological polar surface area (TPSA) is 142 Å². The molecule has 0 unspecified atom stereocenters. The van der Waals surface area contributed by atoms with Crippen LogP contribution in [-0.4, -0.2) is 79.9 Å². The second-order valence-electron chi connectivity index (χ2n) is 13.5. The minimum atomic E-state index is -2.91. The van der Waals surface area contributed by atoms with Gasteiger partial charge in [-0.3, -0.25) is 24.5 Å². The number of rotatable bonds is 7. The van der Waals surface area contributed by atoms with Gasteiger partial charge in [-0.1, -0.05) is 24.3 Å². The molecule has 4 heterocycles. The average molecular weight is 671 g/mol. The van der Waals surface area contributed by atoms with Gasteiger partial charge >= 0.3 is 0 Å². The van der Waals surface area contributed by atoms with Gasteiger partial charge in [0.1, 0.15) is 11.8 Å². The highest BCUT2D eigenvalue weighted by Crippen LogP contribution is 2.44. The van der Waals surface area contributed by atoms with Gasteiger partial charge in [0.25, 0.3) is 5.92 Å². The fourth-order valence-electron chi connectivity index (χ4n) is 7.70. The quantitative estimate of drug-likeness (QED) is 0.228. The number of nitrogen functional groups attached to an aromatic ring is 1. The summed E-state index contributed by atoms with van der Waals surface area (Å²) in [7, 11) is 1.76. The standard InChI is InChI=1S/C36H40F2N8O3/c1-44(31-13-14-33(48)41-35(31)49)26-6-4-5-22(17-26)29-15-16-45(21-36(29,37)38)24-9-11-25(12-10-24)46-20-23(19-40-46)28-18-30(42-43-34(28)39)27-7-2-3-8-32(27)47/h2-8,17-20,24-25,29,31,47H,9-16,21H2,1H3,(H2,39,43)(H,41,48,49)/t24?,25?,29-,31-/m0/s1. The fourth-order valence-corrected chi connectivity index (χ4v) is 7.70. The molecule has 1 aliphatic carbocycles. The van der Waals surface area contributed by atoms with Crippen LogP contribution in [0.2, 0.25) is 0 Å². The van der Waals surface area contributed by atoms with E-state index < -0.39 is 17.9 Å². The number of hydrogen-bond acceptors (Lipinski definition) is 9. The van der Waals surface area contributed by atoms with Crippen molar-refractivity contribution in [2.45, 2.75) is 74.9 Å². The van der Waals surface area contributed by atoms with Crippen molar-refractivity contribution in [1.29, 1.82) is 0 Å². The molecule has 4 N–H and O–H groups in total. The Bertz CT molecular complexity index is 1860. The molecule has 1 saturated carbocycles. The Kier molecular flexibility index (Phi) is 8.78. The van der Waals surface area contributed by atoms with E-state index in [1.165, 1.54) is 0 Å². The van der Waals surface area contributed by atoms with Crippen LogP contribution in [-0.2, 0) is 9.59 Å². The first-order valence-corrected chi connectivity index (χ1v) is 16.8. The van der Waals surface area contributed by atoms with E-state index in [0.717, 1.165) is 31.2 Å². The van der Waals surface area contributed by atoms with Crippen molar-refractivity contribution >= 4 is 23.3 Å². The number of aromatic nitrogens is 4. The summed E-state index contributed by atoms with van der Waals surface area (Å²) in [5.41, 5.74) is 9.97. The van der Waals surface area contributed by atoms with Crippen LogP contribution < -0.4 is 16.0 Å². The van der Waals surface area contributed by atoms with Crippen LogP contribution in [0.4, 0.5) is 20.3 Å². The lowest BCUT2D eigenvalue weighted by molar-refractivity contribution is -0.134. The third-order valence-electron chi connectivity index (χ3n) is 10.5. The summed E-state index contributed by atoms with van der Waals surface area (Å²) in [6, 6.07) is 15.5. The molecule has 2 amide bonds. The number of nitrogens with zero attached hydrogens (tertiary/aromatic N) is 6. The van der Waals surface area contributed by atoms with Crippen molar-refractivity contribution in [1.82, 2.24) is 30.2 Å². The van der Waals surface area contributed by atoms with E-state index in [1.54, 1.807) is 60.6 Å². The molecule has 11 nitrogen and oxygen atoms in total. The lowest BCUT2D eigenvalue weighted by atomic mass is 9.83. The molecule has 2 aromatic heterocycles. The largest absolute Gasteiger partial charge is 0.507 e. The van der Waals surface area contributed by atoms with E-state index in [-0.39, 0.29) is 48.4 Å². The monoisotopic (exact) mass is 670 g/mol.